The molecule has 1 aliphatic carbocycles. The largest absolute Gasteiger partial charge is 0.495 e. The van der Waals surface area contributed by atoms with Crippen molar-refractivity contribution < 1.29 is 14.3 Å². The van der Waals surface area contributed by atoms with E-state index in [1.165, 1.54) is 7.11 Å². The fraction of sp³-hybridized carbons (Fsp3) is 0.278. The van der Waals surface area contributed by atoms with Gasteiger partial charge in [-0.25, -0.2) is 4.98 Å². The minimum absolute atomic E-state index is 0.151. The van der Waals surface area contributed by atoms with Gasteiger partial charge >= 0.3 is 0 Å². The highest BCUT2D eigenvalue weighted by Gasteiger charge is 2.24. The van der Waals surface area contributed by atoms with Crippen LogP contribution in [0, 0.1) is 6.92 Å². The number of pyridine rings is 1. The molecule has 0 bridgehead atoms. The van der Waals surface area contributed by atoms with Crippen LogP contribution in [0.15, 0.2) is 30.3 Å². The summed E-state index contributed by atoms with van der Waals surface area (Å²) >= 11 is 6.07. The number of ether oxygens (including phenoxy) is 1. The van der Waals surface area contributed by atoms with Gasteiger partial charge in [0.1, 0.15) is 17.1 Å². The molecule has 1 aromatic heterocycles. The number of nitrogens with zero attached hydrogens (tertiary/aromatic N) is 1. The van der Waals surface area contributed by atoms with Crippen molar-refractivity contribution in [1.82, 2.24) is 10.3 Å². The van der Waals surface area contributed by atoms with E-state index in [4.69, 9.17) is 16.3 Å². The molecule has 130 valence electrons. The van der Waals surface area contributed by atoms with Crippen LogP contribution in [0.4, 0.5) is 5.69 Å². The van der Waals surface area contributed by atoms with Gasteiger partial charge in [-0.1, -0.05) is 17.7 Å². The monoisotopic (exact) mass is 359 g/mol. The summed E-state index contributed by atoms with van der Waals surface area (Å²) < 4.78 is 5.25. The summed E-state index contributed by atoms with van der Waals surface area (Å²) in [6.07, 6.45) is 1.98. The number of carbonyl (C=O) groups excluding carboxylic acids is 2. The first-order chi connectivity index (χ1) is 12.0. The zero-order valence-corrected chi connectivity index (χ0v) is 14.7. The SMILES string of the molecule is COc1cc(Cl)c(C)cc1NC(=O)c1cccc(C(=O)NC2CC2)n1. The number of halogens is 1. The van der Waals surface area contributed by atoms with Crippen LogP contribution in [-0.4, -0.2) is 29.9 Å². The van der Waals surface area contributed by atoms with E-state index < -0.39 is 5.91 Å². The zero-order chi connectivity index (χ0) is 18.0. The minimum atomic E-state index is -0.430. The van der Waals surface area contributed by atoms with E-state index in [2.05, 4.69) is 15.6 Å². The van der Waals surface area contributed by atoms with E-state index in [1.54, 1.807) is 30.3 Å². The molecule has 6 nitrogen and oxygen atoms in total. The van der Waals surface area contributed by atoms with Crippen LogP contribution in [-0.2, 0) is 0 Å². The van der Waals surface area contributed by atoms with Gasteiger partial charge in [0.25, 0.3) is 11.8 Å². The van der Waals surface area contributed by atoms with Gasteiger partial charge in [-0.15, -0.1) is 0 Å². The topological polar surface area (TPSA) is 80.3 Å². The van der Waals surface area contributed by atoms with E-state index >= 15 is 0 Å². The molecule has 2 N–H and O–H groups in total. The zero-order valence-electron chi connectivity index (χ0n) is 13.9. The van der Waals surface area contributed by atoms with E-state index in [0.29, 0.717) is 16.5 Å². The molecule has 1 fully saturated rings. The third kappa shape index (κ3) is 4.09. The molecular formula is C18H18ClN3O3. The first kappa shape index (κ1) is 17.2. The van der Waals surface area contributed by atoms with Crippen molar-refractivity contribution in [3.63, 3.8) is 0 Å². The molecule has 2 amide bonds. The van der Waals surface area contributed by atoms with Crippen LogP contribution in [0.2, 0.25) is 5.02 Å². The van der Waals surface area contributed by atoms with Crippen LogP contribution >= 0.6 is 11.6 Å². The molecule has 1 heterocycles. The molecule has 7 heteroatoms. The molecule has 0 saturated heterocycles. The highest BCUT2D eigenvalue weighted by Crippen LogP contribution is 2.31. The van der Waals surface area contributed by atoms with Crippen molar-refractivity contribution in [2.24, 2.45) is 0 Å². The lowest BCUT2D eigenvalue weighted by Crippen LogP contribution is -2.27. The Balaban J connectivity index is 1.79. The number of aromatic nitrogens is 1. The summed E-state index contributed by atoms with van der Waals surface area (Å²) in [6.45, 7) is 1.83. The van der Waals surface area contributed by atoms with E-state index in [1.807, 2.05) is 6.92 Å². The predicted molar refractivity (Wildman–Crippen MR) is 95.4 cm³/mol. The van der Waals surface area contributed by atoms with E-state index in [0.717, 1.165) is 18.4 Å². The van der Waals surface area contributed by atoms with Crippen molar-refractivity contribution in [2.75, 3.05) is 12.4 Å². The maximum Gasteiger partial charge on any atom is 0.274 e. The first-order valence-electron chi connectivity index (χ1n) is 7.91. The van der Waals surface area contributed by atoms with Crippen molar-refractivity contribution in [3.8, 4) is 5.75 Å². The molecule has 0 unspecified atom stereocenters. The summed E-state index contributed by atoms with van der Waals surface area (Å²) in [6, 6.07) is 8.36. The summed E-state index contributed by atoms with van der Waals surface area (Å²) in [5.74, 6) is -0.246. The third-order valence-corrected chi connectivity index (χ3v) is 4.26. The van der Waals surface area contributed by atoms with Crippen LogP contribution in [0.5, 0.6) is 5.75 Å². The Morgan fingerprint density at radius 2 is 1.88 bits per heavy atom. The van der Waals surface area contributed by atoms with Crippen LogP contribution < -0.4 is 15.4 Å². The highest BCUT2D eigenvalue weighted by atomic mass is 35.5. The molecule has 0 spiro atoms. The van der Waals surface area contributed by atoms with Crippen molar-refractivity contribution in [2.45, 2.75) is 25.8 Å². The third-order valence-electron chi connectivity index (χ3n) is 3.86. The fourth-order valence-corrected chi connectivity index (χ4v) is 2.44. The molecule has 1 saturated carbocycles. The van der Waals surface area contributed by atoms with Gasteiger partial charge < -0.3 is 15.4 Å². The van der Waals surface area contributed by atoms with Crippen LogP contribution in [0.1, 0.15) is 39.4 Å². The molecule has 1 aliphatic rings. The van der Waals surface area contributed by atoms with Crippen molar-refractivity contribution in [3.05, 3.63) is 52.3 Å². The fourth-order valence-electron chi connectivity index (χ4n) is 2.29. The molecule has 0 atom stereocenters. The van der Waals surface area contributed by atoms with Gasteiger partial charge in [-0.3, -0.25) is 9.59 Å². The number of hydrogen-bond donors (Lipinski definition) is 2. The second-order valence-corrected chi connectivity index (χ2v) is 6.32. The summed E-state index contributed by atoms with van der Waals surface area (Å²) in [7, 11) is 1.50. The standard InChI is InChI=1S/C18H18ClN3O3/c1-10-8-15(16(25-2)9-12(10)19)22-18(24)14-5-3-4-13(21-14)17(23)20-11-6-7-11/h3-5,8-9,11H,6-7H2,1-2H3,(H,20,23)(H,22,24). The van der Waals surface area contributed by atoms with Gasteiger partial charge in [0.05, 0.1) is 12.8 Å². The summed E-state index contributed by atoms with van der Waals surface area (Å²) in [5.41, 5.74) is 1.67. The lowest BCUT2D eigenvalue weighted by atomic mass is 10.2. The lowest BCUT2D eigenvalue weighted by Gasteiger charge is -2.12. The summed E-state index contributed by atoms with van der Waals surface area (Å²) in [4.78, 5) is 28.7. The van der Waals surface area contributed by atoms with Crippen LogP contribution in [0.3, 0.4) is 0 Å². The Kier molecular flexibility index (Phi) is 4.90. The van der Waals surface area contributed by atoms with Gasteiger partial charge in [0.15, 0.2) is 0 Å². The number of aryl methyl sites for hydroxylation is 1. The number of amides is 2. The quantitative estimate of drug-likeness (QED) is 0.859. The van der Waals surface area contributed by atoms with Crippen molar-refractivity contribution in [1.29, 1.82) is 0 Å². The van der Waals surface area contributed by atoms with Gasteiger partial charge in [0.2, 0.25) is 0 Å². The number of nitrogens with one attached hydrogen (secondary N) is 2. The van der Waals surface area contributed by atoms with E-state index in [9.17, 15) is 9.59 Å². The smallest absolute Gasteiger partial charge is 0.274 e. The minimum Gasteiger partial charge on any atom is -0.495 e. The average molecular weight is 360 g/mol. The van der Waals surface area contributed by atoms with Crippen LogP contribution in [0.25, 0.3) is 0 Å². The van der Waals surface area contributed by atoms with E-state index in [-0.39, 0.29) is 23.3 Å². The number of anilines is 1. The Bertz CT molecular complexity index is 834. The Hall–Kier alpha value is -2.60. The van der Waals surface area contributed by atoms with Gasteiger partial charge in [0, 0.05) is 17.1 Å². The predicted octanol–water partition coefficient (Wildman–Crippen LogP) is 3.20. The first-order valence-corrected chi connectivity index (χ1v) is 8.29. The van der Waals surface area contributed by atoms with Crippen molar-refractivity contribution >= 4 is 29.1 Å². The highest BCUT2D eigenvalue weighted by molar-refractivity contribution is 6.31. The average Bonchev–Trinajstić information content (AvgIpc) is 3.42. The Labute approximate surface area is 150 Å². The number of rotatable bonds is 5. The number of carbonyl (C=O) groups is 2. The summed E-state index contributed by atoms with van der Waals surface area (Å²) in [5, 5.41) is 6.15. The second kappa shape index (κ2) is 7.11. The lowest BCUT2D eigenvalue weighted by molar-refractivity contribution is 0.0946. The van der Waals surface area contributed by atoms with Gasteiger partial charge in [-0.05, 0) is 43.5 Å². The van der Waals surface area contributed by atoms with Gasteiger partial charge in [-0.2, -0.15) is 0 Å². The molecule has 25 heavy (non-hydrogen) atoms. The molecule has 0 radical (unpaired) electrons. The Morgan fingerprint density at radius 1 is 1.20 bits per heavy atom. The number of benzene rings is 1. The molecule has 1 aromatic carbocycles. The number of hydrogen-bond acceptors (Lipinski definition) is 4. The molecule has 2 aromatic rings. The second-order valence-electron chi connectivity index (χ2n) is 5.91. The normalized spacial score (nSPS) is 13.2. The Morgan fingerprint density at radius 3 is 2.52 bits per heavy atom. The molecule has 0 aliphatic heterocycles. The molecule has 3 rings (SSSR count). The maximum atomic E-state index is 12.5. The number of methoxy groups -OCH3 is 1. The molecular weight excluding hydrogens is 342 g/mol. The maximum absolute atomic E-state index is 12.5.